The van der Waals surface area contributed by atoms with E-state index >= 15 is 4.39 Å². The minimum absolute atomic E-state index is 0.0161. The molecule has 0 spiro atoms. The van der Waals surface area contributed by atoms with Gasteiger partial charge in [-0.2, -0.15) is 5.10 Å². The maximum atomic E-state index is 15.2. The van der Waals surface area contributed by atoms with E-state index in [1.54, 1.807) is 12.1 Å². The van der Waals surface area contributed by atoms with Crippen LogP contribution in [0.3, 0.4) is 0 Å². The fourth-order valence-electron chi connectivity index (χ4n) is 4.43. The summed E-state index contributed by atoms with van der Waals surface area (Å²) in [7, 11) is 25.1. The van der Waals surface area contributed by atoms with Crippen LogP contribution in [0.1, 0.15) is 20.8 Å². The molecule has 1 aliphatic heterocycles. The summed E-state index contributed by atoms with van der Waals surface area (Å²) >= 11 is 6.15. The predicted molar refractivity (Wildman–Crippen MR) is 130 cm³/mol. The van der Waals surface area contributed by atoms with Crippen molar-refractivity contribution in [3.8, 4) is 11.3 Å². The average Bonchev–Trinajstić information content (AvgIpc) is 2.98. The van der Waals surface area contributed by atoms with Crippen molar-refractivity contribution in [2.45, 2.75) is 37.0 Å². The van der Waals surface area contributed by atoms with Gasteiger partial charge in [-0.1, -0.05) is 23.7 Å². The van der Waals surface area contributed by atoms with E-state index in [4.69, 9.17) is 48.7 Å². The lowest BCUT2D eigenvalue weighted by Gasteiger charge is -2.65. The van der Waals surface area contributed by atoms with Gasteiger partial charge in [-0.15, -0.1) is 0 Å². The molecule has 0 saturated carbocycles. The first-order valence-electron chi connectivity index (χ1n) is 10.0. The zero-order valence-electron chi connectivity index (χ0n) is 18.6. The van der Waals surface area contributed by atoms with Crippen LogP contribution in [-0.2, 0) is 9.59 Å². The second-order valence-electron chi connectivity index (χ2n) is 8.64. The van der Waals surface area contributed by atoms with Gasteiger partial charge >= 0.3 is 0 Å². The van der Waals surface area contributed by atoms with Gasteiger partial charge < -0.3 is 15.5 Å². The molecule has 3 aromatic rings. The maximum absolute atomic E-state index is 15.2. The fraction of sp³-hybridized carbons (Fsp3) is 0.300. The van der Waals surface area contributed by atoms with E-state index in [1.807, 2.05) is 0 Å². The molecule has 1 saturated heterocycles. The number of hydrogen-bond donors (Lipinski definition) is 1. The third-order valence-electron chi connectivity index (χ3n) is 6.00. The number of hydrogen-bond acceptors (Lipinski definition) is 5. The molecule has 164 valence electrons. The normalized spacial score (nSPS) is 18.9. The van der Waals surface area contributed by atoms with Gasteiger partial charge in [-0.05, 0) is 36.7 Å². The van der Waals surface area contributed by atoms with Crippen LogP contribution in [0.4, 0.5) is 15.9 Å². The van der Waals surface area contributed by atoms with Crippen molar-refractivity contribution in [2.75, 3.05) is 10.6 Å². The number of carbonyl (C=O) groups is 2. The van der Waals surface area contributed by atoms with Gasteiger partial charge in [-0.3, -0.25) is 9.59 Å². The first kappa shape index (κ1) is 24.2. The third-order valence-corrected chi connectivity index (χ3v) is 6.34. The fourth-order valence-corrected chi connectivity index (χ4v) is 4.69. The van der Waals surface area contributed by atoms with E-state index in [2.05, 4.69) is 10.1 Å². The number of rotatable bonds is 2. The molecule has 0 aliphatic carbocycles. The molecule has 2 aromatic heterocycles. The minimum Gasteiger partial charge on any atom is -0.382 e. The van der Waals surface area contributed by atoms with Crippen molar-refractivity contribution >= 4 is 71.8 Å². The number of amides is 2. The topological polar surface area (TPSA) is 96.8 Å². The van der Waals surface area contributed by atoms with E-state index in [0.29, 0.717) is 0 Å². The summed E-state index contributed by atoms with van der Waals surface area (Å²) in [6, 6.07) is 6.08. The molecular formula is C20H16B4ClFN6O2. The average molecular weight is 470 g/mol. The lowest BCUT2D eigenvalue weighted by atomic mass is 9.35. The molecule has 34 heavy (non-hydrogen) atoms. The second kappa shape index (κ2) is 7.53. The molecule has 8 nitrogen and oxygen atoms in total. The number of halogens is 2. The number of carbonyl (C=O) groups excluding carboxylic acids is 2. The molecule has 2 N–H and O–H groups in total. The Bertz CT molecular complexity index is 1360. The van der Waals surface area contributed by atoms with Crippen LogP contribution in [-0.4, -0.2) is 78.9 Å². The maximum Gasteiger partial charge on any atom is 0.251 e. The Morgan fingerprint density at radius 1 is 1.18 bits per heavy atom. The Labute approximate surface area is 205 Å². The van der Waals surface area contributed by atoms with Crippen LogP contribution in [0, 0.1) is 5.82 Å². The van der Waals surface area contributed by atoms with Gasteiger partial charge in [0, 0.05) is 18.2 Å². The van der Waals surface area contributed by atoms with Crippen molar-refractivity contribution in [2.24, 2.45) is 0 Å². The number of anilines is 2. The summed E-state index contributed by atoms with van der Waals surface area (Å²) in [6.07, 6.45) is 1.15. The molecule has 3 heterocycles. The molecule has 4 rings (SSSR count). The zero-order valence-corrected chi connectivity index (χ0v) is 19.3. The quantitative estimate of drug-likeness (QED) is 0.558. The molecule has 14 heteroatoms. The zero-order chi connectivity index (χ0) is 25.4. The van der Waals surface area contributed by atoms with E-state index in [-0.39, 0.29) is 33.3 Å². The van der Waals surface area contributed by atoms with E-state index < -0.39 is 33.8 Å². The molecule has 1 aliphatic rings. The summed E-state index contributed by atoms with van der Waals surface area (Å²) in [6.45, 7) is 4.14. The molecule has 2 amide bonds. The Kier molecular flexibility index (Phi) is 5.36. The van der Waals surface area contributed by atoms with Gasteiger partial charge in [0.15, 0.2) is 11.6 Å². The largest absolute Gasteiger partial charge is 0.382 e. The standard InChI is InChI=1S/C20H16B4ClFN6O2/c1-9(33)32-18(2,3)17(34)30(19(21,22)20(32,23)24)11-6-4-5-10(7-11)14-13(26)12(25)15-16(27)28-8-29-31(14)15/h4-8H,1-3H3,(H2,27,28,29). The van der Waals surface area contributed by atoms with E-state index in [9.17, 15) is 9.59 Å². The number of fused-ring (bicyclic) bond motifs is 1. The van der Waals surface area contributed by atoms with Crippen LogP contribution in [0.2, 0.25) is 5.02 Å². The Morgan fingerprint density at radius 3 is 2.44 bits per heavy atom. The van der Waals surface area contributed by atoms with Crippen LogP contribution in [0.25, 0.3) is 16.8 Å². The molecule has 0 bridgehead atoms. The van der Waals surface area contributed by atoms with Crippen molar-refractivity contribution in [1.82, 2.24) is 19.5 Å². The second-order valence-corrected chi connectivity index (χ2v) is 9.02. The Hall–Kier alpha value is -2.94. The number of nitrogen functional groups attached to an aromatic ring is 1. The lowest BCUT2D eigenvalue weighted by Crippen LogP contribution is -2.85. The van der Waals surface area contributed by atoms with Gasteiger partial charge in [0.25, 0.3) is 5.91 Å². The summed E-state index contributed by atoms with van der Waals surface area (Å²) in [5.41, 5.74) is 4.81. The predicted octanol–water partition coefficient (Wildman–Crippen LogP) is 0.726. The summed E-state index contributed by atoms with van der Waals surface area (Å²) in [5.74, 6) is -2.05. The number of nitrogens with two attached hydrogens (primary N) is 1. The Balaban J connectivity index is 1.93. The molecule has 0 atom stereocenters. The van der Waals surface area contributed by atoms with Gasteiger partial charge in [0.1, 0.15) is 28.1 Å². The summed E-state index contributed by atoms with van der Waals surface area (Å²) < 4.78 is 16.4. The first-order chi connectivity index (χ1) is 15.7. The molecule has 1 aromatic carbocycles. The Morgan fingerprint density at radius 2 is 1.82 bits per heavy atom. The van der Waals surface area contributed by atoms with Crippen molar-refractivity contribution in [1.29, 1.82) is 0 Å². The van der Waals surface area contributed by atoms with Crippen LogP contribution < -0.4 is 10.6 Å². The number of piperazine rings is 1. The molecule has 0 unspecified atom stereocenters. The molecular weight excluding hydrogens is 454 g/mol. The summed E-state index contributed by atoms with van der Waals surface area (Å²) in [4.78, 5) is 31.7. The van der Waals surface area contributed by atoms with Crippen LogP contribution in [0.5, 0.6) is 0 Å². The van der Waals surface area contributed by atoms with Gasteiger partial charge in [0.2, 0.25) is 5.91 Å². The van der Waals surface area contributed by atoms with Crippen molar-refractivity contribution in [3.05, 3.63) is 41.4 Å². The monoisotopic (exact) mass is 470 g/mol. The highest BCUT2D eigenvalue weighted by atomic mass is 35.5. The molecule has 8 radical (unpaired) electrons. The number of aromatic nitrogens is 3. The molecule has 1 fully saturated rings. The van der Waals surface area contributed by atoms with Crippen molar-refractivity contribution < 1.29 is 14.0 Å². The van der Waals surface area contributed by atoms with Crippen LogP contribution in [0.15, 0.2) is 30.6 Å². The smallest absolute Gasteiger partial charge is 0.251 e. The SMILES string of the molecule is [B]C1([B])N(c2cccc(-c3c(F)c(Cl)c4c(N)ncnn34)c2)C(=O)C(C)(C)N(C(C)=O)C1([B])[B]. The highest BCUT2D eigenvalue weighted by molar-refractivity contribution is 6.58. The van der Waals surface area contributed by atoms with E-state index in [0.717, 1.165) is 16.1 Å². The highest BCUT2D eigenvalue weighted by Crippen LogP contribution is 2.42. The first-order valence-corrected chi connectivity index (χ1v) is 10.4. The van der Waals surface area contributed by atoms with Gasteiger partial charge in [0.05, 0.1) is 31.4 Å². The van der Waals surface area contributed by atoms with Crippen molar-refractivity contribution in [3.63, 3.8) is 0 Å². The van der Waals surface area contributed by atoms with Crippen LogP contribution >= 0.6 is 11.6 Å². The summed E-state index contributed by atoms with van der Waals surface area (Å²) in [5, 5.41) is -0.620. The third kappa shape index (κ3) is 3.09. The number of nitrogens with zero attached hydrogens (tertiary/aromatic N) is 5. The highest BCUT2D eigenvalue weighted by Gasteiger charge is 2.59. The van der Waals surface area contributed by atoms with Gasteiger partial charge in [-0.25, -0.2) is 13.9 Å². The minimum atomic E-state index is -2.24. The van der Waals surface area contributed by atoms with E-state index in [1.165, 1.54) is 37.4 Å². The lowest BCUT2D eigenvalue weighted by molar-refractivity contribution is -0.150. The number of benzene rings is 1.